The predicted octanol–water partition coefficient (Wildman–Crippen LogP) is 3.13. The maximum Gasteiger partial charge on any atom is 0.0914 e. The number of hydrogen-bond donors (Lipinski definition) is 2. The van der Waals surface area contributed by atoms with Crippen LogP contribution in [0.1, 0.15) is 44.3 Å². The van der Waals surface area contributed by atoms with E-state index in [4.69, 9.17) is 0 Å². The monoisotopic (exact) mass is 259 g/mol. The highest BCUT2D eigenvalue weighted by Crippen LogP contribution is 2.49. The third-order valence-electron chi connectivity index (χ3n) is 5.25. The lowest BCUT2D eigenvalue weighted by Crippen LogP contribution is -2.38. The molecule has 2 nitrogen and oxygen atoms in total. The molecule has 19 heavy (non-hydrogen) atoms. The van der Waals surface area contributed by atoms with Crippen LogP contribution in [0.15, 0.2) is 30.3 Å². The molecule has 2 saturated carbocycles. The fourth-order valence-electron chi connectivity index (χ4n) is 4.15. The highest BCUT2D eigenvalue weighted by atomic mass is 16.3. The van der Waals surface area contributed by atoms with Gasteiger partial charge in [0.15, 0.2) is 0 Å². The summed E-state index contributed by atoms with van der Waals surface area (Å²) in [6.07, 6.45) is 5.36. The number of fused-ring (bicyclic) bond motifs is 2. The minimum atomic E-state index is -0.387. The van der Waals surface area contributed by atoms with E-state index < -0.39 is 0 Å². The van der Waals surface area contributed by atoms with Crippen molar-refractivity contribution in [2.45, 2.75) is 44.8 Å². The number of aliphatic hydroxyl groups excluding tert-OH is 1. The number of hydrogen-bond acceptors (Lipinski definition) is 2. The third kappa shape index (κ3) is 2.85. The summed E-state index contributed by atoms with van der Waals surface area (Å²) >= 11 is 0. The zero-order chi connectivity index (χ0) is 13.2. The van der Waals surface area contributed by atoms with Crippen LogP contribution in [0.25, 0.3) is 0 Å². The van der Waals surface area contributed by atoms with E-state index in [-0.39, 0.29) is 6.10 Å². The van der Waals surface area contributed by atoms with Crippen LogP contribution in [0.2, 0.25) is 0 Å². The van der Waals surface area contributed by atoms with E-state index in [0.717, 1.165) is 23.3 Å². The quantitative estimate of drug-likeness (QED) is 0.851. The van der Waals surface area contributed by atoms with Crippen molar-refractivity contribution in [2.75, 3.05) is 6.54 Å². The zero-order valence-corrected chi connectivity index (χ0v) is 11.8. The first-order valence-electron chi connectivity index (χ1n) is 7.70. The first-order valence-corrected chi connectivity index (χ1v) is 7.70. The molecule has 0 radical (unpaired) electrons. The summed E-state index contributed by atoms with van der Waals surface area (Å²) in [5, 5.41) is 13.7. The van der Waals surface area contributed by atoms with Crippen LogP contribution in [0, 0.1) is 17.8 Å². The molecule has 2 heteroatoms. The van der Waals surface area contributed by atoms with Gasteiger partial charge in [-0.15, -0.1) is 0 Å². The maximum absolute atomic E-state index is 10.2. The Balaban J connectivity index is 1.49. The van der Waals surface area contributed by atoms with E-state index in [2.05, 4.69) is 12.2 Å². The Hall–Kier alpha value is -0.860. The largest absolute Gasteiger partial charge is 0.387 e. The number of benzene rings is 1. The molecule has 0 heterocycles. The van der Waals surface area contributed by atoms with Crippen molar-refractivity contribution in [2.24, 2.45) is 17.8 Å². The Morgan fingerprint density at radius 2 is 2.00 bits per heavy atom. The van der Waals surface area contributed by atoms with Crippen molar-refractivity contribution in [3.8, 4) is 0 Å². The van der Waals surface area contributed by atoms with Gasteiger partial charge in [0, 0.05) is 12.6 Å². The van der Waals surface area contributed by atoms with Gasteiger partial charge in [0.1, 0.15) is 0 Å². The van der Waals surface area contributed by atoms with Crippen LogP contribution in [-0.4, -0.2) is 17.7 Å². The Morgan fingerprint density at radius 1 is 1.21 bits per heavy atom. The summed E-state index contributed by atoms with van der Waals surface area (Å²) in [6, 6.07) is 10.5. The van der Waals surface area contributed by atoms with Crippen molar-refractivity contribution in [3.63, 3.8) is 0 Å². The van der Waals surface area contributed by atoms with Gasteiger partial charge in [-0.25, -0.2) is 0 Å². The second kappa shape index (κ2) is 5.64. The molecule has 5 atom stereocenters. The normalized spacial score (nSPS) is 32.4. The average molecular weight is 259 g/mol. The minimum absolute atomic E-state index is 0.387. The molecule has 0 aliphatic heterocycles. The molecule has 2 N–H and O–H groups in total. The summed E-state index contributed by atoms with van der Waals surface area (Å²) < 4.78 is 0. The molecule has 2 bridgehead atoms. The molecular weight excluding hydrogens is 234 g/mol. The molecule has 104 valence electrons. The Kier molecular flexibility index (Phi) is 3.90. The average Bonchev–Trinajstić information content (AvgIpc) is 3.08. The van der Waals surface area contributed by atoms with Gasteiger partial charge in [-0.2, -0.15) is 0 Å². The minimum Gasteiger partial charge on any atom is -0.387 e. The molecule has 1 aromatic rings. The summed E-state index contributed by atoms with van der Waals surface area (Å²) in [7, 11) is 0. The molecule has 0 aromatic heterocycles. The fraction of sp³-hybridized carbons (Fsp3) is 0.647. The van der Waals surface area contributed by atoms with Crippen molar-refractivity contribution < 1.29 is 5.11 Å². The van der Waals surface area contributed by atoms with Crippen LogP contribution in [0.5, 0.6) is 0 Å². The Labute approximate surface area is 116 Å². The molecule has 3 rings (SSSR count). The molecular formula is C17H25NO. The highest BCUT2D eigenvalue weighted by Gasteiger charge is 2.41. The summed E-state index contributed by atoms with van der Waals surface area (Å²) in [6.45, 7) is 2.96. The van der Waals surface area contributed by atoms with Crippen LogP contribution in [-0.2, 0) is 0 Å². The molecule has 0 amide bonds. The second-order valence-electron chi connectivity index (χ2n) is 6.46. The molecule has 1 aromatic carbocycles. The smallest absolute Gasteiger partial charge is 0.0914 e. The standard InChI is InChI=1S/C17H25NO/c1-12(16-10-13-7-8-15(16)9-13)18-11-17(19)14-5-3-2-4-6-14/h2-6,12-13,15-19H,7-11H2,1H3/t12-,13+,15+,16-,17+/m0/s1. The number of aliphatic hydroxyl groups is 1. The van der Waals surface area contributed by atoms with E-state index in [1.54, 1.807) is 0 Å². The van der Waals surface area contributed by atoms with Gasteiger partial charge in [-0.3, -0.25) is 0 Å². The van der Waals surface area contributed by atoms with Gasteiger partial charge < -0.3 is 10.4 Å². The molecule has 0 spiro atoms. The predicted molar refractivity (Wildman–Crippen MR) is 77.8 cm³/mol. The van der Waals surface area contributed by atoms with Gasteiger partial charge in [-0.05, 0) is 49.5 Å². The van der Waals surface area contributed by atoms with Gasteiger partial charge in [0.25, 0.3) is 0 Å². The van der Waals surface area contributed by atoms with Gasteiger partial charge in [0.2, 0.25) is 0 Å². The van der Waals surface area contributed by atoms with Crippen molar-refractivity contribution in [3.05, 3.63) is 35.9 Å². The SMILES string of the molecule is C[C@H](NC[C@@H](O)c1ccccc1)[C@@H]1C[C@@H]2CC[C@@H]1C2. The maximum atomic E-state index is 10.2. The first kappa shape index (κ1) is 13.1. The number of rotatable bonds is 5. The van der Waals surface area contributed by atoms with Crippen molar-refractivity contribution in [1.29, 1.82) is 0 Å². The van der Waals surface area contributed by atoms with Crippen LogP contribution >= 0.6 is 0 Å². The Bertz CT molecular complexity index is 405. The molecule has 0 saturated heterocycles. The summed E-state index contributed by atoms with van der Waals surface area (Å²) in [4.78, 5) is 0. The number of nitrogens with one attached hydrogen (secondary N) is 1. The van der Waals surface area contributed by atoms with Crippen molar-refractivity contribution >= 4 is 0 Å². The lowest BCUT2D eigenvalue weighted by Gasteiger charge is -2.29. The summed E-state index contributed by atoms with van der Waals surface area (Å²) in [5.74, 6) is 2.78. The van der Waals surface area contributed by atoms with E-state index in [9.17, 15) is 5.11 Å². The topological polar surface area (TPSA) is 32.3 Å². The lowest BCUT2D eigenvalue weighted by molar-refractivity contribution is 0.158. The first-order chi connectivity index (χ1) is 9.24. The Morgan fingerprint density at radius 3 is 2.63 bits per heavy atom. The zero-order valence-electron chi connectivity index (χ0n) is 11.8. The van der Waals surface area contributed by atoms with Gasteiger partial charge >= 0.3 is 0 Å². The van der Waals surface area contributed by atoms with E-state index in [1.807, 2.05) is 30.3 Å². The highest BCUT2D eigenvalue weighted by molar-refractivity contribution is 5.17. The van der Waals surface area contributed by atoms with Gasteiger partial charge in [0.05, 0.1) is 6.10 Å². The van der Waals surface area contributed by atoms with Gasteiger partial charge in [-0.1, -0.05) is 36.8 Å². The molecule has 2 fully saturated rings. The van der Waals surface area contributed by atoms with Crippen LogP contribution in [0.4, 0.5) is 0 Å². The van der Waals surface area contributed by atoms with E-state index in [0.29, 0.717) is 12.6 Å². The molecule has 2 aliphatic carbocycles. The van der Waals surface area contributed by atoms with E-state index >= 15 is 0 Å². The lowest BCUT2D eigenvalue weighted by atomic mass is 9.84. The molecule has 2 aliphatic rings. The van der Waals surface area contributed by atoms with Crippen molar-refractivity contribution in [1.82, 2.24) is 5.32 Å². The molecule has 0 unspecified atom stereocenters. The summed E-state index contributed by atoms with van der Waals surface area (Å²) in [5.41, 5.74) is 1.01. The van der Waals surface area contributed by atoms with E-state index in [1.165, 1.54) is 25.7 Å². The third-order valence-corrected chi connectivity index (χ3v) is 5.25. The van der Waals surface area contributed by atoms with Crippen LogP contribution in [0.3, 0.4) is 0 Å². The fourth-order valence-corrected chi connectivity index (χ4v) is 4.15. The van der Waals surface area contributed by atoms with Crippen LogP contribution < -0.4 is 5.32 Å². The second-order valence-corrected chi connectivity index (χ2v) is 6.46.